The van der Waals surface area contributed by atoms with Crippen LogP contribution in [-0.2, 0) is 16.2 Å². The van der Waals surface area contributed by atoms with E-state index in [2.05, 4.69) is 20.8 Å². The molecular formula is C27H26BrNO3. The van der Waals surface area contributed by atoms with E-state index < -0.39 is 0 Å². The summed E-state index contributed by atoms with van der Waals surface area (Å²) in [6, 6.07) is 15.9. The third-order valence-electron chi connectivity index (χ3n) is 6.78. The van der Waals surface area contributed by atoms with Crippen molar-refractivity contribution in [3.05, 3.63) is 86.7 Å². The average Bonchev–Trinajstić information content (AvgIpc) is 2.80. The van der Waals surface area contributed by atoms with Gasteiger partial charge < -0.3 is 9.64 Å². The number of para-hydroxylation sites is 1. The predicted molar refractivity (Wildman–Crippen MR) is 127 cm³/mol. The molecule has 2 aromatic rings. The van der Waals surface area contributed by atoms with Gasteiger partial charge in [0.15, 0.2) is 11.6 Å². The lowest BCUT2D eigenvalue weighted by molar-refractivity contribution is -0.117. The number of allylic oxidation sites excluding steroid dienone is 4. The Hall–Kier alpha value is -2.66. The highest BCUT2D eigenvalue weighted by Crippen LogP contribution is 2.50. The molecule has 164 valence electrons. The third kappa shape index (κ3) is 3.73. The number of benzene rings is 2. The first-order valence-corrected chi connectivity index (χ1v) is 12.1. The number of nitrogens with zero attached hydrogens (tertiary/aromatic N) is 1. The van der Waals surface area contributed by atoms with Crippen LogP contribution in [0.25, 0.3) is 0 Å². The van der Waals surface area contributed by atoms with Crippen LogP contribution < -0.4 is 4.74 Å². The quantitative estimate of drug-likeness (QED) is 0.520. The number of ketones is 2. The molecule has 2 aliphatic carbocycles. The summed E-state index contributed by atoms with van der Waals surface area (Å²) in [6.07, 6.45) is 4.58. The lowest BCUT2D eigenvalue weighted by atomic mass is 9.71. The fourth-order valence-electron chi connectivity index (χ4n) is 5.26. The Morgan fingerprint density at radius 2 is 1.47 bits per heavy atom. The molecule has 32 heavy (non-hydrogen) atoms. The van der Waals surface area contributed by atoms with Crippen LogP contribution in [0.5, 0.6) is 5.75 Å². The number of halogens is 1. The maximum absolute atomic E-state index is 13.2. The Morgan fingerprint density at radius 1 is 0.875 bits per heavy atom. The van der Waals surface area contributed by atoms with Gasteiger partial charge in [-0.2, -0.15) is 0 Å². The van der Waals surface area contributed by atoms with E-state index in [1.54, 1.807) is 0 Å². The zero-order valence-electron chi connectivity index (χ0n) is 18.2. The van der Waals surface area contributed by atoms with Crippen molar-refractivity contribution >= 4 is 27.5 Å². The summed E-state index contributed by atoms with van der Waals surface area (Å²) in [5.74, 6) is 0.727. The second-order valence-electron chi connectivity index (χ2n) is 8.72. The molecule has 0 fully saturated rings. The van der Waals surface area contributed by atoms with Crippen LogP contribution in [0.3, 0.4) is 0 Å². The van der Waals surface area contributed by atoms with Gasteiger partial charge in [0.25, 0.3) is 0 Å². The maximum Gasteiger partial charge on any atom is 0.161 e. The van der Waals surface area contributed by atoms with Crippen molar-refractivity contribution in [2.24, 2.45) is 0 Å². The summed E-state index contributed by atoms with van der Waals surface area (Å²) in [4.78, 5) is 28.5. The van der Waals surface area contributed by atoms with Gasteiger partial charge in [0.2, 0.25) is 0 Å². The third-order valence-corrected chi connectivity index (χ3v) is 7.31. The fourth-order valence-corrected chi connectivity index (χ4v) is 5.52. The minimum absolute atomic E-state index is 0.163. The Bertz CT molecular complexity index is 1100. The van der Waals surface area contributed by atoms with Crippen molar-refractivity contribution in [2.75, 3.05) is 7.05 Å². The number of rotatable bonds is 4. The van der Waals surface area contributed by atoms with Crippen molar-refractivity contribution < 1.29 is 14.3 Å². The van der Waals surface area contributed by atoms with E-state index in [1.807, 2.05) is 55.6 Å². The van der Waals surface area contributed by atoms with Crippen molar-refractivity contribution in [2.45, 2.75) is 51.0 Å². The second kappa shape index (κ2) is 8.70. The molecule has 0 N–H and O–H groups in total. The Labute approximate surface area is 197 Å². The van der Waals surface area contributed by atoms with Gasteiger partial charge in [-0.1, -0.05) is 46.3 Å². The van der Waals surface area contributed by atoms with Crippen molar-refractivity contribution in [1.82, 2.24) is 4.90 Å². The smallest absolute Gasteiger partial charge is 0.161 e. The zero-order valence-corrected chi connectivity index (χ0v) is 19.8. The Morgan fingerprint density at radius 3 is 2.09 bits per heavy atom. The molecular weight excluding hydrogens is 466 g/mol. The molecule has 0 spiro atoms. The summed E-state index contributed by atoms with van der Waals surface area (Å²) in [7, 11) is 2.02. The summed E-state index contributed by atoms with van der Waals surface area (Å²) in [5.41, 5.74) is 5.75. The lowest BCUT2D eigenvalue weighted by Gasteiger charge is -2.42. The van der Waals surface area contributed by atoms with Gasteiger partial charge in [0, 0.05) is 58.4 Å². The first kappa shape index (κ1) is 21.2. The van der Waals surface area contributed by atoms with Crippen LogP contribution in [0.4, 0.5) is 0 Å². The summed E-state index contributed by atoms with van der Waals surface area (Å²) in [5, 5.41) is 0. The number of carbonyl (C=O) groups excluding carboxylic acids is 2. The van der Waals surface area contributed by atoms with Crippen molar-refractivity contribution in [3.63, 3.8) is 0 Å². The highest BCUT2D eigenvalue weighted by Gasteiger charge is 2.43. The molecule has 5 heteroatoms. The minimum Gasteiger partial charge on any atom is -0.489 e. The van der Waals surface area contributed by atoms with E-state index >= 15 is 0 Å². The largest absolute Gasteiger partial charge is 0.489 e. The molecule has 0 saturated heterocycles. The molecule has 0 radical (unpaired) electrons. The molecule has 4 nitrogen and oxygen atoms in total. The monoisotopic (exact) mass is 491 g/mol. The summed E-state index contributed by atoms with van der Waals surface area (Å²) < 4.78 is 7.30. The molecule has 0 aromatic heterocycles. The number of Topliss-reactive ketones (excluding diaryl/α,β-unsaturated/α-hetero) is 2. The van der Waals surface area contributed by atoms with Gasteiger partial charge in [-0.3, -0.25) is 9.59 Å². The highest BCUT2D eigenvalue weighted by molar-refractivity contribution is 9.10. The number of ether oxygens (including phenoxy) is 1. The summed E-state index contributed by atoms with van der Waals surface area (Å²) >= 11 is 3.47. The molecule has 0 bridgehead atoms. The lowest BCUT2D eigenvalue weighted by Crippen LogP contribution is -2.37. The van der Waals surface area contributed by atoms with Gasteiger partial charge in [-0.15, -0.1) is 0 Å². The van der Waals surface area contributed by atoms with Crippen LogP contribution in [0.2, 0.25) is 0 Å². The molecule has 1 heterocycles. The standard InChI is InChI=1S/C27H26BrNO3/c1-29-20-7-4-9-22(30)26(20)25(27-21(29)8-5-10-23(27)31)19-6-2-3-11-24(19)32-16-17-12-14-18(28)15-13-17/h2-3,6,11-15,25H,4-5,7-10,16H2,1H3. The molecule has 0 unspecified atom stereocenters. The Kier molecular flexibility index (Phi) is 5.76. The number of hydrogen-bond acceptors (Lipinski definition) is 4. The van der Waals surface area contributed by atoms with Gasteiger partial charge in [-0.05, 0) is 49.4 Å². The predicted octanol–water partition coefficient (Wildman–Crippen LogP) is 6.07. The van der Waals surface area contributed by atoms with Crippen LogP contribution in [0.1, 0.15) is 55.6 Å². The average molecular weight is 492 g/mol. The molecule has 3 aliphatic rings. The molecule has 2 aromatic carbocycles. The van der Waals surface area contributed by atoms with Crippen molar-refractivity contribution in [1.29, 1.82) is 0 Å². The van der Waals surface area contributed by atoms with E-state index in [1.165, 1.54) is 0 Å². The number of carbonyl (C=O) groups is 2. The van der Waals surface area contributed by atoms with E-state index in [-0.39, 0.29) is 17.5 Å². The first-order valence-electron chi connectivity index (χ1n) is 11.3. The Balaban J connectivity index is 1.59. The summed E-state index contributed by atoms with van der Waals surface area (Å²) in [6.45, 7) is 0.427. The van der Waals surface area contributed by atoms with Gasteiger partial charge in [-0.25, -0.2) is 0 Å². The SMILES string of the molecule is CN1C2=C(C(=O)CCC2)C(c2ccccc2OCc2ccc(Br)cc2)C2=C1CCCC2=O. The van der Waals surface area contributed by atoms with E-state index in [0.29, 0.717) is 19.4 Å². The van der Waals surface area contributed by atoms with Crippen LogP contribution in [0, 0.1) is 0 Å². The fraction of sp³-hybridized carbons (Fsp3) is 0.333. The highest BCUT2D eigenvalue weighted by atomic mass is 79.9. The van der Waals surface area contributed by atoms with Crippen LogP contribution in [-0.4, -0.2) is 23.5 Å². The molecule has 0 amide bonds. The first-order chi connectivity index (χ1) is 15.5. The zero-order chi connectivity index (χ0) is 22.2. The van der Waals surface area contributed by atoms with Gasteiger partial charge >= 0.3 is 0 Å². The van der Waals surface area contributed by atoms with E-state index in [9.17, 15) is 9.59 Å². The number of hydrogen-bond donors (Lipinski definition) is 0. The minimum atomic E-state index is -0.335. The molecule has 0 saturated carbocycles. The van der Waals surface area contributed by atoms with E-state index in [4.69, 9.17) is 4.74 Å². The van der Waals surface area contributed by atoms with Gasteiger partial charge in [0.1, 0.15) is 12.4 Å². The molecule has 0 atom stereocenters. The van der Waals surface area contributed by atoms with Crippen LogP contribution in [0.15, 0.2) is 75.5 Å². The normalized spacial score (nSPS) is 19.2. The van der Waals surface area contributed by atoms with Crippen LogP contribution >= 0.6 is 15.9 Å². The van der Waals surface area contributed by atoms with Crippen molar-refractivity contribution in [3.8, 4) is 5.75 Å². The molecule has 5 rings (SSSR count). The van der Waals surface area contributed by atoms with Gasteiger partial charge in [0.05, 0.1) is 0 Å². The second-order valence-corrected chi connectivity index (χ2v) is 9.63. The molecule has 1 aliphatic heterocycles. The topological polar surface area (TPSA) is 46.6 Å². The maximum atomic E-state index is 13.2. The van der Waals surface area contributed by atoms with E-state index in [0.717, 1.165) is 69.6 Å².